The highest BCUT2D eigenvalue weighted by atomic mass is 32.1. The van der Waals surface area contributed by atoms with Gasteiger partial charge >= 0.3 is 6.03 Å². The van der Waals surface area contributed by atoms with Crippen LogP contribution in [0.2, 0.25) is 0 Å². The predicted octanol–water partition coefficient (Wildman–Crippen LogP) is 4.05. The van der Waals surface area contributed by atoms with Crippen LogP contribution in [0.15, 0.2) is 82.6 Å². The first-order valence-corrected chi connectivity index (χ1v) is 11.4. The van der Waals surface area contributed by atoms with E-state index in [-0.39, 0.29) is 23.4 Å². The van der Waals surface area contributed by atoms with Crippen LogP contribution in [0.5, 0.6) is 0 Å². The number of aromatic amines is 1. The van der Waals surface area contributed by atoms with Gasteiger partial charge in [-0.25, -0.2) is 13.9 Å². The molecule has 5 rings (SSSR count). The zero-order chi connectivity index (χ0) is 23.7. The Balaban J connectivity index is 1.52. The van der Waals surface area contributed by atoms with Crippen molar-refractivity contribution in [2.24, 2.45) is 0 Å². The molecule has 34 heavy (non-hydrogen) atoms. The summed E-state index contributed by atoms with van der Waals surface area (Å²) in [6.45, 7) is -0.0802. The molecule has 0 atom stereocenters. The monoisotopic (exact) mass is 474 g/mol. The molecule has 170 valence electrons. The van der Waals surface area contributed by atoms with Crippen LogP contribution in [0.1, 0.15) is 21.7 Å². The topological polar surface area (TPSA) is 87.2 Å². The normalized spacial score (nSPS) is 14.7. The minimum atomic E-state index is -0.626. The van der Waals surface area contributed by atoms with E-state index in [1.165, 1.54) is 29.0 Å². The Hall–Kier alpha value is -4.24. The van der Waals surface area contributed by atoms with Crippen molar-refractivity contribution in [1.82, 2.24) is 20.0 Å². The molecular formula is C25H19FN4O3S. The Morgan fingerprint density at radius 2 is 1.79 bits per heavy atom. The van der Waals surface area contributed by atoms with E-state index in [9.17, 15) is 18.8 Å². The molecule has 3 amide bonds. The highest BCUT2D eigenvalue weighted by molar-refractivity contribution is 7.09. The number of hydrogen-bond donors (Lipinski definition) is 2. The van der Waals surface area contributed by atoms with Gasteiger partial charge in [-0.15, -0.1) is 11.3 Å². The molecule has 0 aliphatic carbocycles. The average Bonchev–Trinajstić information content (AvgIpc) is 3.52. The number of benzene rings is 2. The molecule has 2 aromatic heterocycles. The maximum Gasteiger partial charge on any atom is 0.329 e. The maximum absolute atomic E-state index is 13.5. The number of hydrogen-bond acceptors (Lipinski definition) is 4. The molecular weight excluding hydrogens is 455 g/mol. The fourth-order valence-electron chi connectivity index (χ4n) is 3.80. The van der Waals surface area contributed by atoms with Crippen LogP contribution in [-0.2, 0) is 17.8 Å². The largest absolute Gasteiger partial charge is 0.329 e. The van der Waals surface area contributed by atoms with Gasteiger partial charge < -0.3 is 5.32 Å². The number of aromatic nitrogens is 2. The summed E-state index contributed by atoms with van der Waals surface area (Å²) < 4.78 is 14.9. The van der Waals surface area contributed by atoms with Crippen LogP contribution in [0.25, 0.3) is 11.8 Å². The van der Waals surface area contributed by atoms with E-state index in [0.29, 0.717) is 23.4 Å². The highest BCUT2D eigenvalue weighted by Crippen LogP contribution is 2.21. The second kappa shape index (κ2) is 8.95. The molecule has 9 heteroatoms. The predicted molar refractivity (Wildman–Crippen MR) is 127 cm³/mol. The van der Waals surface area contributed by atoms with E-state index in [1.807, 2.05) is 35.7 Å². The van der Waals surface area contributed by atoms with Gasteiger partial charge in [0.2, 0.25) is 0 Å². The van der Waals surface area contributed by atoms with Crippen molar-refractivity contribution < 1.29 is 14.0 Å². The van der Waals surface area contributed by atoms with E-state index in [0.717, 1.165) is 9.78 Å². The zero-order valence-corrected chi connectivity index (χ0v) is 18.6. The van der Waals surface area contributed by atoms with Gasteiger partial charge in [0.05, 0.1) is 23.5 Å². The van der Waals surface area contributed by atoms with Gasteiger partial charge in [0.25, 0.3) is 11.5 Å². The van der Waals surface area contributed by atoms with Crippen molar-refractivity contribution in [2.75, 3.05) is 0 Å². The molecule has 0 saturated carbocycles. The number of nitrogens with zero attached hydrogens (tertiary/aromatic N) is 2. The molecule has 1 saturated heterocycles. The Labute approximate surface area is 197 Å². The third kappa shape index (κ3) is 4.20. The number of halogens is 1. The summed E-state index contributed by atoms with van der Waals surface area (Å²) in [5.74, 6) is -1.03. The van der Waals surface area contributed by atoms with Gasteiger partial charge in [-0.1, -0.05) is 36.4 Å². The summed E-state index contributed by atoms with van der Waals surface area (Å²) >= 11 is 1.56. The molecule has 2 aromatic carbocycles. The number of amides is 3. The van der Waals surface area contributed by atoms with Crippen LogP contribution >= 0.6 is 11.3 Å². The van der Waals surface area contributed by atoms with Crippen molar-refractivity contribution in [3.8, 4) is 5.69 Å². The lowest BCUT2D eigenvalue weighted by Gasteiger charge is -2.11. The Kier molecular flexibility index (Phi) is 5.69. The van der Waals surface area contributed by atoms with Crippen LogP contribution in [0, 0.1) is 5.82 Å². The van der Waals surface area contributed by atoms with Crippen molar-refractivity contribution in [3.63, 3.8) is 0 Å². The van der Waals surface area contributed by atoms with Gasteiger partial charge in [0, 0.05) is 11.3 Å². The first kappa shape index (κ1) is 21.6. The van der Waals surface area contributed by atoms with Gasteiger partial charge in [-0.3, -0.25) is 19.6 Å². The minimum absolute atomic E-state index is 0.00913. The molecule has 0 radical (unpaired) electrons. The molecule has 0 bridgehead atoms. The number of rotatable bonds is 6. The summed E-state index contributed by atoms with van der Waals surface area (Å²) in [5.41, 5.74) is 1.69. The average molecular weight is 475 g/mol. The van der Waals surface area contributed by atoms with Crippen LogP contribution in [0.3, 0.4) is 0 Å². The molecule has 0 unspecified atom stereocenters. The van der Waals surface area contributed by atoms with E-state index in [2.05, 4.69) is 10.4 Å². The summed E-state index contributed by atoms with van der Waals surface area (Å²) in [6.07, 6.45) is 1.87. The number of imide groups is 1. The number of urea groups is 1. The third-order valence-electron chi connectivity index (χ3n) is 5.43. The van der Waals surface area contributed by atoms with E-state index in [1.54, 1.807) is 29.5 Å². The van der Waals surface area contributed by atoms with E-state index in [4.69, 9.17) is 0 Å². The van der Waals surface area contributed by atoms with E-state index < -0.39 is 17.8 Å². The molecule has 1 aliphatic rings. The Morgan fingerprint density at radius 1 is 0.971 bits per heavy atom. The molecule has 3 heterocycles. The lowest BCUT2D eigenvalue weighted by atomic mass is 10.1. The van der Waals surface area contributed by atoms with Crippen molar-refractivity contribution >= 4 is 29.4 Å². The number of carbonyl (C=O) groups is 2. The highest BCUT2D eigenvalue weighted by Gasteiger charge is 2.34. The first-order valence-electron chi connectivity index (χ1n) is 10.5. The second-order valence-electron chi connectivity index (χ2n) is 7.75. The molecule has 0 spiro atoms. The fraction of sp³-hybridized carbons (Fsp3) is 0.0800. The standard InChI is InChI=1S/C25H19FN4O3S/c26-17-7-4-6-16(12-17)15-29-24(32)22(27-25(29)33)14-20-21(13-19-10-5-11-34-19)28-30(23(20)31)18-8-2-1-3-9-18/h1-12,14,28H,13,15H2,(H,27,33)/b22-14-. The number of thiophene rings is 1. The lowest BCUT2D eigenvalue weighted by Crippen LogP contribution is -2.30. The summed E-state index contributed by atoms with van der Waals surface area (Å²) in [7, 11) is 0. The SMILES string of the molecule is O=C1N/C(=C\c2c(Cc3cccs3)[nH]n(-c3ccccc3)c2=O)C(=O)N1Cc1cccc(F)c1. The van der Waals surface area contributed by atoms with Crippen molar-refractivity contribution in [1.29, 1.82) is 0 Å². The van der Waals surface area contributed by atoms with E-state index >= 15 is 0 Å². The van der Waals surface area contributed by atoms with Crippen molar-refractivity contribution in [3.05, 3.63) is 116 Å². The molecule has 1 aliphatic heterocycles. The number of H-pyrrole nitrogens is 1. The molecule has 4 aromatic rings. The zero-order valence-electron chi connectivity index (χ0n) is 17.8. The van der Waals surface area contributed by atoms with Crippen LogP contribution < -0.4 is 10.9 Å². The Bertz CT molecular complexity index is 1460. The summed E-state index contributed by atoms with van der Waals surface area (Å²) in [5, 5.41) is 7.64. The number of para-hydroxylation sites is 1. The number of nitrogens with one attached hydrogen (secondary N) is 2. The maximum atomic E-state index is 13.5. The smallest absolute Gasteiger partial charge is 0.303 e. The summed E-state index contributed by atoms with van der Waals surface area (Å²) in [4.78, 5) is 40.8. The Morgan fingerprint density at radius 3 is 2.53 bits per heavy atom. The molecule has 2 N–H and O–H groups in total. The molecule has 7 nitrogen and oxygen atoms in total. The van der Waals surface area contributed by atoms with Crippen LogP contribution in [0.4, 0.5) is 9.18 Å². The second-order valence-corrected chi connectivity index (χ2v) is 8.78. The number of carbonyl (C=O) groups excluding carboxylic acids is 2. The van der Waals surface area contributed by atoms with Gasteiger partial charge in [0.15, 0.2) is 0 Å². The van der Waals surface area contributed by atoms with Gasteiger partial charge in [0.1, 0.15) is 11.5 Å². The molecule has 1 fully saturated rings. The lowest BCUT2D eigenvalue weighted by molar-refractivity contribution is -0.123. The van der Waals surface area contributed by atoms with Gasteiger partial charge in [-0.2, -0.15) is 0 Å². The summed E-state index contributed by atoms with van der Waals surface area (Å²) in [6, 6.07) is 18.1. The van der Waals surface area contributed by atoms with Crippen LogP contribution in [-0.4, -0.2) is 26.6 Å². The quantitative estimate of drug-likeness (QED) is 0.327. The fourth-order valence-corrected chi connectivity index (χ4v) is 4.52. The minimum Gasteiger partial charge on any atom is -0.303 e. The first-order chi connectivity index (χ1) is 16.5. The van der Waals surface area contributed by atoms with Crippen molar-refractivity contribution in [2.45, 2.75) is 13.0 Å². The van der Waals surface area contributed by atoms with Gasteiger partial charge in [-0.05, 0) is 47.4 Å². The third-order valence-corrected chi connectivity index (χ3v) is 6.31.